The molecule has 0 N–H and O–H groups in total. The summed E-state index contributed by atoms with van der Waals surface area (Å²) >= 11 is 0. The lowest BCUT2D eigenvalue weighted by Crippen LogP contribution is -2.29. The molecular weight excluding hydrogens is 244 g/mol. The van der Waals surface area contributed by atoms with Gasteiger partial charge in [-0.1, -0.05) is 0 Å². The fraction of sp³-hybridized carbons (Fsp3) is 0.909. The smallest absolute Gasteiger partial charge is 0.402 e. The van der Waals surface area contributed by atoms with Crippen LogP contribution in [0.25, 0.3) is 0 Å². The largest absolute Gasteiger partial charge is 0.513 e. The second kappa shape index (κ2) is 4.65. The lowest BCUT2D eigenvalue weighted by Gasteiger charge is -2.18. The molecule has 0 aromatic rings. The maximum atomic E-state index is 11.5. The van der Waals surface area contributed by atoms with E-state index in [0.29, 0.717) is 0 Å². The van der Waals surface area contributed by atoms with Crippen molar-refractivity contribution >= 4 is 6.16 Å². The first-order chi connectivity index (χ1) is 8.26. The molecule has 18 heavy (non-hydrogen) atoms. The summed E-state index contributed by atoms with van der Waals surface area (Å²) in [5.41, 5.74) is 0. The van der Waals surface area contributed by atoms with Gasteiger partial charge in [-0.15, -0.1) is 0 Å². The van der Waals surface area contributed by atoms with Gasteiger partial charge < -0.3 is 28.4 Å². The molecule has 2 aliphatic heterocycles. The maximum absolute atomic E-state index is 11.5. The van der Waals surface area contributed by atoms with Crippen LogP contribution in [0, 0.1) is 0 Å². The molecule has 2 fully saturated rings. The highest BCUT2D eigenvalue weighted by molar-refractivity contribution is 5.60. The summed E-state index contributed by atoms with van der Waals surface area (Å²) in [7, 11) is 0. The summed E-state index contributed by atoms with van der Waals surface area (Å²) in [5.74, 6) is -1.50. The molecule has 0 aliphatic carbocycles. The van der Waals surface area contributed by atoms with Gasteiger partial charge in [0.2, 0.25) is 12.6 Å². The zero-order valence-electron chi connectivity index (χ0n) is 10.9. The Balaban J connectivity index is 1.73. The van der Waals surface area contributed by atoms with Crippen LogP contribution in [0.1, 0.15) is 27.7 Å². The Labute approximate surface area is 105 Å². The van der Waals surface area contributed by atoms with E-state index in [1.165, 1.54) is 0 Å². The van der Waals surface area contributed by atoms with Crippen molar-refractivity contribution in [3.63, 3.8) is 0 Å². The second-order valence-corrected chi connectivity index (χ2v) is 5.00. The van der Waals surface area contributed by atoms with E-state index in [0.717, 1.165) is 0 Å². The predicted octanol–water partition coefficient (Wildman–Crippen LogP) is 1.36. The third-order valence-corrected chi connectivity index (χ3v) is 2.42. The molecule has 0 aromatic heterocycles. The minimum absolute atomic E-state index is 0.176. The number of rotatable bonds is 2. The van der Waals surface area contributed by atoms with Crippen LogP contribution in [0.5, 0.6) is 0 Å². The lowest BCUT2D eigenvalue weighted by molar-refractivity contribution is -0.199. The van der Waals surface area contributed by atoms with Crippen LogP contribution < -0.4 is 0 Å². The normalized spacial score (nSPS) is 33.3. The monoisotopic (exact) mass is 262 g/mol. The fourth-order valence-corrected chi connectivity index (χ4v) is 1.67. The van der Waals surface area contributed by atoms with Crippen LogP contribution in [-0.4, -0.2) is 43.5 Å². The van der Waals surface area contributed by atoms with E-state index in [1.54, 1.807) is 27.7 Å². The first-order valence-corrected chi connectivity index (χ1v) is 5.77. The van der Waals surface area contributed by atoms with Crippen molar-refractivity contribution in [1.82, 2.24) is 0 Å². The summed E-state index contributed by atoms with van der Waals surface area (Å²) in [6.07, 6.45) is -2.39. The van der Waals surface area contributed by atoms with E-state index >= 15 is 0 Å². The topological polar surface area (TPSA) is 72.5 Å². The molecule has 0 radical (unpaired) electrons. The molecule has 0 bridgehead atoms. The fourth-order valence-electron chi connectivity index (χ4n) is 1.67. The van der Waals surface area contributed by atoms with Gasteiger partial charge in [0, 0.05) is 0 Å². The van der Waals surface area contributed by atoms with Crippen molar-refractivity contribution in [2.75, 3.05) is 13.2 Å². The first kappa shape index (κ1) is 13.5. The summed E-state index contributed by atoms with van der Waals surface area (Å²) in [5, 5.41) is 0. The number of ether oxygens (including phenoxy) is 6. The maximum Gasteiger partial charge on any atom is 0.513 e. The minimum Gasteiger partial charge on any atom is -0.402 e. The number of carbonyl (C=O) groups is 1. The zero-order valence-corrected chi connectivity index (χ0v) is 10.9. The van der Waals surface area contributed by atoms with Crippen molar-refractivity contribution in [1.29, 1.82) is 0 Å². The highest BCUT2D eigenvalue weighted by Crippen LogP contribution is 2.25. The summed E-state index contributed by atoms with van der Waals surface area (Å²) in [6, 6.07) is 0. The predicted molar refractivity (Wildman–Crippen MR) is 57.4 cm³/mol. The molecule has 7 nitrogen and oxygen atoms in total. The number of hydrogen-bond donors (Lipinski definition) is 0. The van der Waals surface area contributed by atoms with E-state index in [1.807, 2.05) is 0 Å². The highest BCUT2D eigenvalue weighted by atomic mass is 16.9. The molecule has 2 heterocycles. The third-order valence-electron chi connectivity index (χ3n) is 2.42. The number of hydrogen-bond acceptors (Lipinski definition) is 7. The Hall–Kier alpha value is -0.890. The van der Waals surface area contributed by atoms with Gasteiger partial charge in [0.1, 0.15) is 13.2 Å². The Morgan fingerprint density at radius 2 is 1.33 bits per heavy atom. The van der Waals surface area contributed by atoms with E-state index in [9.17, 15) is 4.79 Å². The Morgan fingerprint density at radius 3 is 1.61 bits per heavy atom. The number of carbonyl (C=O) groups excluding carboxylic acids is 1. The summed E-state index contributed by atoms with van der Waals surface area (Å²) in [6.45, 7) is 7.29. The van der Waals surface area contributed by atoms with Gasteiger partial charge >= 0.3 is 6.16 Å². The molecule has 2 rings (SSSR count). The molecule has 0 amide bonds. The van der Waals surface area contributed by atoms with Crippen molar-refractivity contribution in [3.8, 4) is 0 Å². The van der Waals surface area contributed by atoms with Crippen molar-refractivity contribution in [3.05, 3.63) is 0 Å². The van der Waals surface area contributed by atoms with Crippen LogP contribution in [0.4, 0.5) is 4.79 Å². The quantitative estimate of drug-likeness (QED) is 0.695. The molecule has 104 valence electrons. The van der Waals surface area contributed by atoms with Gasteiger partial charge in [-0.3, -0.25) is 0 Å². The van der Waals surface area contributed by atoms with Gasteiger partial charge in [-0.25, -0.2) is 4.79 Å². The van der Waals surface area contributed by atoms with Crippen LogP contribution in [-0.2, 0) is 28.4 Å². The van der Waals surface area contributed by atoms with Crippen LogP contribution >= 0.6 is 0 Å². The molecule has 2 aliphatic rings. The van der Waals surface area contributed by atoms with Crippen molar-refractivity contribution in [2.24, 2.45) is 0 Å². The minimum atomic E-state index is -0.868. The van der Waals surface area contributed by atoms with Gasteiger partial charge in [0.25, 0.3) is 0 Å². The summed E-state index contributed by atoms with van der Waals surface area (Å²) in [4.78, 5) is 11.5. The Bertz CT molecular complexity index is 295. The van der Waals surface area contributed by atoms with Gasteiger partial charge in [-0.05, 0) is 27.7 Å². The van der Waals surface area contributed by atoms with E-state index in [-0.39, 0.29) is 13.2 Å². The average molecular weight is 262 g/mol. The molecule has 0 saturated carbocycles. The molecule has 0 aromatic carbocycles. The lowest BCUT2D eigenvalue weighted by atomic mass is 10.4. The second-order valence-electron chi connectivity index (χ2n) is 5.00. The molecule has 2 unspecified atom stereocenters. The van der Waals surface area contributed by atoms with E-state index < -0.39 is 30.3 Å². The molecule has 2 saturated heterocycles. The summed E-state index contributed by atoms with van der Waals surface area (Å²) < 4.78 is 31.0. The highest BCUT2D eigenvalue weighted by Gasteiger charge is 2.38. The van der Waals surface area contributed by atoms with Gasteiger partial charge in [-0.2, -0.15) is 0 Å². The SMILES string of the molecule is CC1(C)OCC(OC(=O)OC2COC(C)(C)O2)O1. The van der Waals surface area contributed by atoms with Crippen LogP contribution in [0.15, 0.2) is 0 Å². The molecular formula is C11H18O7. The van der Waals surface area contributed by atoms with E-state index in [2.05, 4.69) is 0 Å². The average Bonchev–Trinajstić information content (AvgIpc) is 2.69. The Kier molecular flexibility index (Phi) is 3.50. The molecule has 0 spiro atoms. The molecule has 2 atom stereocenters. The van der Waals surface area contributed by atoms with E-state index in [4.69, 9.17) is 28.4 Å². The van der Waals surface area contributed by atoms with Crippen molar-refractivity contribution in [2.45, 2.75) is 51.8 Å². The standard InChI is InChI=1S/C11H18O7/c1-10(2)13-5-7(17-10)15-9(12)16-8-6-14-11(3,4)18-8/h7-8H,5-6H2,1-4H3. The van der Waals surface area contributed by atoms with Crippen molar-refractivity contribution < 1.29 is 33.2 Å². The van der Waals surface area contributed by atoms with Gasteiger partial charge in [0.15, 0.2) is 11.6 Å². The van der Waals surface area contributed by atoms with Crippen LogP contribution in [0.2, 0.25) is 0 Å². The first-order valence-electron chi connectivity index (χ1n) is 5.77. The zero-order chi connectivity index (χ0) is 13.4. The third kappa shape index (κ3) is 3.55. The molecule has 7 heteroatoms. The van der Waals surface area contributed by atoms with Crippen LogP contribution in [0.3, 0.4) is 0 Å². The Morgan fingerprint density at radius 1 is 0.944 bits per heavy atom. The van der Waals surface area contributed by atoms with Gasteiger partial charge in [0.05, 0.1) is 0 Å².